The fourth-order valence-electron chi connectivity index (χ4n) is 3.11. The Morgan fingerprint density at radius 2 is 1.53 bits per heavy atom. The van der Waals surface area contributed by atoms with Crippen LogP contribution in [0.3, 0.4) is 0 Å². The predicted molar refractivity (Wildman–Crippen MR) is 78.3 cm³/mol. The lowest BCUT2D eigenvalue weighted by Crippen LogP contribution is -2.40. The molecule has 0 amide bonds. The van der Waals surface area contributed by atoms with Crippen molar-refractivity contribution in [2.75, 3.05) is 7.11 Å². The van der Waals surface area contributed by atoms with Gasteiger partial charge in [0.25, 0.3) is 0 Å². The molecule has 0 aromatic heterocycles. The molecule has 1 aliphatic carbocycles. The number of aliphatic hydroxyl groups is 1. The molecular formula is C17H26O2. The maximum Gasteiger partial charge on any atom is 0.108 e. The van der Waals surface area contributed by atoms with Crippen molar-refractivity contribution in [3.8, 4) is 0 Å². The van der Waals surface area contributed by atoms with Gasteiger partial charge in [-0.05, 0) is 29.9 Å². The summed E-state index contributed by atoms with van der Waals surface area (Å²) in [6.45, 7) is 4.37. The zero-order chi connectivity index (χ0) is 13.9. The summed E-state index contributed by atoms with van der Waals surface area (Å²) in [4.78, 5) is 0. The molecule has 0 aliphatic heterocycles. The van der Waals surface area contributed by atoms with E-state index in [0.717, 1.165) is 31.2 Å². The van der Waals surface area contributed by atoms with Crippen molar-refractivity contribution in [1.29, 1.82) is 0 Å². The van der Waals surface area contributed by atoms with E-state index < -0.39 is 6.10 Å². The Labute approximate surface area is 116 Å². The van der Waals surface area contributed by atoms with Gasteiger partial charge >= 0.3 is 0 Å². The molecule has 2 rings (SSSR count). The maximum absolute atomic E-state index is 10.7. The van der Waals surface area contributed by atoms with Crippen LogP contribution < -0.4 is 0 Å². The van der Waals surface area contributed by atoms with Gasteiger partial charge in [0.2, 0.25) is 0 Å². The lowest BCUT2D eigenvalue weighted by atomic mass is 9.78. The molecule has 0 heterocycles. The minimum Gasteiger partial charge on any atom is -0.385 e. The van der Waals surface area contributed by atoms with E-state index in [0.29, 0.717) is 5.92 Å². The van der Waals surface area contributed by atoms with Gasteiger partial charge in [0, 0.05) is 7.11 Å². The first-order chi connectivity index (χ1) is 9.09. The van der Waals surface area contributed by atoms with Gasteiger partial charge in [-0.15, -0.1) is 0 Å². The number of benzene rings is 1. The Kier molecular flexibility index (Phi) is 4.64. The molecule has 1 atom stereocenters. The van der Waals surface area contributed by atoms with Crippen LogP contribution >= 0.6 is 0 Å². The van der Waals surface area contributed by atoms with Crippen molar-refractivity contribution in [3.63, 3.8) is 0 Å². The highest BCUT2D eigenvalue weighted by molar-refractivity contribution is 5.27. The van der Waals surface area contributed by atoms with Crippen LogP contribution in [0.4, 0.5) is 0 Å². The normalized spacial score (nSPS) is 20.5. The minimum absolute atomic E-state index is 0.377. The summed E-state index contributed by atoms with van der Waals surface area (Å²) < 4.78 is 5.72. The number of hydrogen-bond acceptors (Lipinski definition) is 2. The summed E-state index contributed by atoms with van der Waals surface area (Å²) in [7, 11) is 1.73. The molecule has 2 heteroatoms. The molecule has 1 saturated carbocycles. The largest absolute Gasteiger partial charge is 0.385 e. The monoisotopic (exact) mass is 262 g/mol. The third kappa shape index (κ3) is 3.01. The highest BCUT2D eigenvalue weighted by Crippen LogP contribution is 2.41. The quantitative estimate of drug-likeness (QED) is 0.881. The first-order valence-electron chi connectivity index (χ1n) is 7.42. The molecule has 1 unspecified atom stereocenters. The van der Waals surface area contributed by atoms with Gasteiger partial charge < -0.3 is 9.84 Å². The van der Waals surface area contributed by atoms with E-state index in [1.807, 2.05) is 0 Å². The lowest BCUT2D eigenvalue weighted by Gasteiger charge is -2.40. The molecule has 1 aliphatic rings. The molecule has 106 valence electrons. The topological polar surface area (TPSA) is 29.5 Å². The van der Waals surface area contributed by atoms with E-state index in [-0.39, 0.29) is 5.60 Å². The molecule has 0 bridgehead atoms. The molecule has 2 nitrogen and oxygen atoms in total. The predicted octanol–water partition coefficient (Wildman–Crippen LogP) is 4.19. The lowest BCUT2D eigenvalue weighted by molar-refractivity contribution is -0.125. The van der Waals surface area contributed by atoms with E-state index >= 15 is 0 Å². The zero-order valence-corrected chi connectivity index (χ0v) is 12.4. The highest BCUT2D eigenvalue weighted by atomic mass is 16.5. The Balaban J connectivity index is 2.19. The van der Waals surface area contributed by atoms with E-state index in [1.165, 1.54) is 12.0 Å². The van der Waals surface area contributed by atoms with Crippen molar-refractivity contribution >= 4 is 0 Å². The van der Waals surface area contributed by atoms with Crippen LogP contribution in [0.2, 0.25) is 0 Å². The number of aliphatic hydroxyl groups excluding tert-OH is 1. The van der Waals surface area contributed by atoms with Crippen LogP contribution in [0.25, 0.3) is 0 Å². The second kappa shape index (κ2) is 6.06. The molecule has 1 fully saturated rings. The fraction of sp³-hybridized carbons (Fsp3) is 0.647. The van der Waals surface area contributed by atoms with Gasteiger partial charge in [0.15, 0.2) is 0 Å². The smallest absolute Gasteiger partial charge is 0.108 e. The molecule has 1 aromatic rings. The molecule has 0 radical (unpaired) electrons. The fourth-order valence-corrected chi connectivity index (χ4v) is 3.11. The van der Waals surface area contributed by atoms with Crippen molar-refractivity contribution < 1.29 is 9.84 Å². The molecule has 1 N–H and O–H groups in total. The summed E-state index contributed by atoms with van der Waals surface area (Å²) in [5.41, 5.74) is 1.91. The van der Waals surface area contributed by atoms with Gasteiger partial charge in [0.05, 0.1) is 5.60 Å². The Morgan fingerprint density at radius 3 is 2.00 bits per heavy atom. The molecule has 1 aromatic carbocycles. The average molecular weight is 262 g/mol. The van der Waals surface area contributed by atoms with Crippen LogP contribution in [0.5, 0.6) is 0 Å². The molecule has 0 spiro atoms. The van der Waals surface area contributed by atoms with Crippen LogP contribution in [0, 0.1) is 0 Å². The van der Waals surface area contributed by atoms with Gasteiger partial charge in [0.1, 0.15) is 6.10 Å². The first kappa shape index (κ1) is 14.5. The third-order valence-corrected chi connectivity index (χ3v) is 4.52. The summed E-state index contributed by atoms with van der Waals surface area (Å²) in [6.07, 6.45) is 4.94. The van der Waals surface area contributed by atoms with E-state index in [1.54, 1.807) is 7.11 Å². The second-order valence-electron chi connectivity index (χ2n) is 6.05. The van der Waals surface area contributed by atoms with Crippen molar-refractivity contribution in [3.05, 3.63) is 35.4 Å². The maximum atomic E-state index is 10.7. The van der Waals surface area contributed by atoms with Crippen molar-refractivity contribution in [1.82, 2.24) is 0 Å². The van der Waals surface area contributed by atoms with Crippen LogP contribution in [0.1, 0.15) is 69.1 Å². The summed E-state index contributed by atoms with van der Waals surface area (Å²) in [5.74, 6) is 0.525. The van der Waals surface area contributed by atoms with E-state index in [9.17, 15) is 5.11 Å². The zero-order valence-electron chi connectivity index (χ0n) is 12.4. The van der Waals surface area contributed by atoms with Crippen LogP contribution in [-0.4, -0.2) is 17.8 Å². The third-order valence-electron chi connectivity index (χ3n) is 4.52. The average Bonchev–Trinajstić information content (AvgIpc) is 2.47. The summed E-state index contributed by atoms with van der Waals surface area (Å²) >= 11 is 0. The summed E-state index contributed by atoms with van der Waals surface area (Å²) in [6, 6.07) is 8.34. The summed E-state index contributed by atoms with van der Waals surface area (Å²) in [5, 5.41) is 10.7. The highest BCUT2D eigenvalue weighted by Gasteiger charge is 2.39. The molecule has 19 heavy (non-hydrogen) atoms. The van der Waals surface area contributed by atoms with E-state index in [2.05, 4.69) is 38.1 Å². The number of hydrogen-bond donors (Lipinski definition) is 1. The van der Waals surface area contributed by atoms with Crippen LogP contribution in [-0.2, 0) is 4.74 Å². The van der Waals surface area contributed by atoms with E-state index in [4.69, 9.17) is 4.74 Å². The number of methoxy groups -OCH3 is 1. The number of rotatable bonds is 4. The second-order valence-corrected chi connectivity index (χ2v) is 6.05. The van der Waals surface area contributed by atoms with Crippen molar-refractivity contribution in [2.24, 2.45) is 0 Å². The van der Waals surface area contributed by atoms with Gasteiger partial charge in [-0.2, -0.15) is 0 Å². The Morgan fingerprint density at radius 1 is 1.00 bits per heavy atom. The SMILES string of the molecule is COC1(C(O)c2ccc(C(C)C)cc2)CCCCC1. The molecular weight excluding hydrogens is 236 g/mol. The molecule has 0 saturated heterocycles. The van der Waals surface area contributed by atoms with Gasteiger partial charge in [-0.1, -0.05) is 57.4 Å². The van der Waals surface area contributed by atoms with Gasteiger partial charge in [-0.25, -0.2) is 0 Å². The Bertz CT molecular complexity index is 388. The van der Waals surface area contributed by atoms with Gasteiger partial charge in [-0.3, -0.25) is 0 Å². The standard InChI is InChI=1S/C17H26O2/c1-13(2)14-7-9-15(10-8-14)16(18)17(19-3)11-5-4-6-12-17/h7-10,13,16,18H,4-6,11-12H2,1-3H3. The number of ether oxygens (including phenoxy) is 1. The van der Waals surface area contributed by atoms with Crippen molar-refractivity contribution in [2.45, 2.75) is 63.6 Å². The van der Waals surface area contributed by atoms with Crippen LogP contribution in [0.15, 0.2) is 24.3 Å². The first-order valence-corrected chi connectivity index (χ1v) is 7.42. The minimum atomic E-state index is -0.515. The Hall–Kier alpha value is -0.860.